The Labute approximate surface area is 146 Å². The largest absolute Gasteiger partial charge is 0.294 e. The molecule has 4 heteroatoms. The van der Waals surface area contributed by atoms with Crippen molar-refractivity contribution < 1.29 is 18.0 Å². The number of alkyl halides is 2. The highest BCUT2D eigenvalue weighted by Gasteiger charge is 2.36. The van der Waals surface area contributed by atoms with Crippen LogP contribution >= 0.6 is 0 Å². The maximum absolute atomic E-state index is 14.3. The van der Waals surface area contributed by atoms with Gasteiger partial charge in [-0.3, -0.25) is 4.79 Å². The number of Topliss-reactive ketones (excluding diaryl/α,β-unsaturated/α-hetero) is 1. The van der Waals surface area contributed by atoms with Gasteiger partial charge < -0.3 is 0 Å². The Morgan fingerprint density at radius 1 is 1.28 bits per heavy atom. The molecule has 0 aliphatic heterocycles. The van der Waals surface area contributed by atoms with Crippen LogP contribution in [0.25, 0.3) is 12.2 Å². The Morgan fingerprint density at radius 2 is 2.00 bits per heavy atom. The van der Waals surface area contributed by atoms with Gasteiger partial charge in [-0.1, -0.05) is 37.3 Å². The monoisotopic (exact) mass is 348 g/mol. The highest BCUT2D eigenvalue weighted by molar-refractivity contribution is 5.98. The summed E-state index contributed by atoms with van der Waals surface area (Å²) in [5, 5.41) is 0. The summed E-state index contributed by atoms with van der Waals surface area (Å²) >= 11 is 0. The van der Waals surface area contributed by atoms with E-state index in [0.717, 1.165) is 24.5 Å². The molecule has 0 unspecified atom stereocenters. The highest BCUT2D eigenvalue weighted by atomic mass is 19.3. The highest BCUT2D eigenvalue weighted by Crippen LogP contribution is 2.39. The number of hydrogen-bond acceptors (Lipinski definition) is 1. The minimum absolute atomic E-state index is 0.00841. The van der Waals surface area contributed by atoms with E-state index in [4.69, 9.17) is 0 Å². The van der Waals surface area contributed by atoms with E-state index in [1.54, 1.807) is 12.1 Å². The van der Waals surface area contributed by atoms with E-state index in [2.05, 4.69) is 13.2 Å². The molecule has 0 saturated heterocycles. The predicted molar refractivity (Wildman–Crippen MR) is 96.2 cm³/mol. The zero-order chi connectivity index (χ0) is 18.6. The lowest BCUT2D eigenvalue weighted by Crippen LogP contribution is -2.25. The Kier molecular flexibility index (Phi) is 6.04. The minimum Gasteiger partial charge on any atom is -0.294 e. The SMILES string of the molecule is C=Cc1cc(C=C2CCCC[C@H](C(F)(F)C=C)C2)cc(F)c1C(C)=O. The van der Waals surface area contributed by atoms with Crippen LogP contribution in [0.1, 0.15) is 60.5 Å². The lowest BCUT2D eigenvalue weighted by Gasteiger charge is -2.23. The van der Waals surface area contributed by atoms with Gasteiger partial charge in [-0.2, -0.15) is 0 Å². The second-order valence-corrected chi connectivity index (χ2v) is 6.56. The average Bonchev–Trinajstić information content (AvgIpc) is 2.79. The molecule has 1 nitrogen and oxygen atoms in total. The molecule has 1 aromatic rings. The van der Waals surface area contributed by atoms with Crippen molar-refractivity contribution >= 4 is 17.9 Å². The van der Waals surface area contributed by atoms with Crippen molar-refractivity contribution in [3.63, 3.8) is 0 Å². The van der Waals surface area contributed by atoms with Crippen LogP contribution in [0.4, 0.5) is 13.2 Å². The third-order valence-corrected chi connectivity index (χ3v) is 4.71. The van der Waals surface area contributed by atoms with Crippen molar-refractivity contribution in [2.75, 3.05) is 0 Å². The molecule has 0 N–H and O–H groups in total. The van der Waals surface area contributed by atoms with E-state index in [1.165, 1.54) is 19.1 Å². The molecule has 0 heterocycles. The number of carbonyl (C=O) groups excluding carboxylic acids is 1. The van der Waals surface area contributed by atoms with Crippen LogP contribution in [0, 0.1) is 11.7 Å². The molecule has 2 rings (SSSR count). The molecule has 1 aliphatic rings. The van der Waals surface area contributed by atoms with Crippen LogP contribution < -0.4 is 0 Å². The van der Waals surface area contributed by atoms with Crippen LogP contribution in [0.2, 0.25) is 0 Å². The average molecular weight is 348 g/mol. The fourth-order valence-corrected chi connectivity index (χ4v) is 3.39. The molecule has 1 aliphatic carbocycles. The van der Waals surface area contributed by atoms with Crippen LogP contribution in [-0.4, -0.2) is 11.7 Å². The molecule has 0 spiro atoms. The molecule has 1 saturated carbocycles. The maximum Gasteiger partial charge on any atom is 0.269 e. The number of rotatable bonds is 5. The van der Waals surface area contributed by atoms with Gasteiger partial charge in [-0.05, 0) is 61.9 Å². The Balaban J connectivity index is 2.38. The summed E-state index contributed by atoms with van der Waals surface area (Å²) in [4.78, 5) is 11.6. The van der Waals surface area contributed by atoms with E-state index in [9.17, 15) is 18.0 Å². The number of carbonyl (C=O) groups is 1. The molecule has 1 aromatic carbocycles. The lowest BCUT2D eigenvalue weighted by molar-refractivity contribution is -0.0115. The van der Waals surface area contributed by atoms with Gasteiger partial charge in [0.15, 0.2) is 5.78 Å². The molecule has 0 aromatic heterocycles. The molecule has 134 valence electrons. The van der Waals surface area contributed by atoms with Crippen LogP contribution in [0.3, 0.4) is 0 Å². The lowest BCUT2D eigenvalue weighted by atomic mass is 9.90. The van der Waals surface area contributed by atoms with Crippen molar-refractivity contribution in [1.82, 2.24) is 0 Å². The van der Waals surface area contributed by atoms with Gasteiger partial charge in [0.2, 0.25) is 0 Å². The van der Waals surface area contributed by atoms with Gasteiger partial charge in [0, 0.05) is 5.92 Å². The fourth-order valence-electron chi connectivity index (χ4n) is 3.39. The van der Waals surface area contributed by atoms with E-state index < -0.39 is 17.7 Å². The van der Waals surface area contributed by atoms with E-state index in [1.807, 2.05) is 0 Å². The third-order valence-electron chi connectivity index (χ3n) is 4.71. The molecular formula is C21H23F3O. The van der Waals surface area contributed by atoms with Gasteiger partial charge in [0.25, 0.3) is 5.92 Å². The predicted octanol–water partition coefficient (Wildman–Crippen LogP) is 6.46. The van der Waals surface area contributed by atoms with Gasteiger partial charge in [-0.25, -0.2) is 13.2 Å². The standard InChI is InChI=1S/C21H23F3O/c1-4-17-11-16(13-19(22)20(17)14(3)25)10-15-8-6-7-9-18(12-15)21(23,24)5-2/h4-5,10-11,13,18H,1-2,6-9,12H2,3H3/t18-/m0/s1. The number of allylic oxidation sites excluding steroid dienone is 2. The smallest absolute Gasteiger partial charge is 0.269 e. The summed E-state index contributed by atoms with van der Waals surface area (Å²) in [6.07, 6.45) is 6.91. The normalized spacial score (nSPS) is 20.2. The molecule has 0 amide bonds. The van der Waals surface area contributed by atoms with Gasteiger partial charge >= 0.3 is 0 Å². The molecular weight excluding hydrogens is 325 g/mol. The summed E-state index contributed by atoms with van der Waals surface area (Å²) in [6, 6.07) is 2.95. The zero-order valence-electron chi connectivity index (χ0n) is 14.5. The second kappa shape index (κ2) is 7.85. The van der Waals surface area contributed by atoms with Crippen molar-refractivity contribution in [1.29, 1.82) is 0 Å². The number of ketones is 1. The first kappa shape index (κ1) is 19.2. The van der Waals surface area contributed by atoms with E-state index in [0.29, 0.717) is 24.0 Å². The summed E-state index contributed by atoms with van der Waals surface area (Å²) in [5.41, 5.74) is 1.86. The van der Waals surface area contributed by atoms with Crippen molar-refractivity contribution in [3.05, 3.63) is 59.4 Å². The van der Waals surface area contributed by atoms with Crippen molar-refractivity contribution in [2.45, 2.75) is 45.0 Å². The summed E-state index contributed by atoms with van der Waals surface area (Å²) < 4.78 is 42.3. The Bertz CT molecular complexity index is 716. The fraction of sp³-hybridized carbons (Fsp3) is 0.381. The first-order valence-corrected chi connectivity index (χ1v) is 8.46. The number of halogens is 3. The van der Waals surface area contributed by atoms with Gasteiger partial charge in [-0.15, -0.1) is 0 Å². The van der Waals surface area contributed by atoms with E-state index >= 15 is 0 Å². The topological polar surface area (TPSA) is 17.1 Å². The molecule has 1 atom stereocenters. The molecule has 1 fully saturated rings. The van der Waals surface area contributed by atoms with Crippen LogP contribution in [-0.2, 0) is 0 Å². The van der Waals surface area contributed by atoms with Crippen molar-refractivity contribution in [3.8, 4) is 0 Å². The van der Waals surface area contributed by atoms with Gasteiger partial charge in [0.05, 0.1) is 5.56 Å². The van der Waals surface area contributed by atoms with Crippen LogP contribution in [0.5, 0.6) is 0 Å². The number of hydrogen-bond donors (Lipinski definition) is 0. The maximum atomic E-state index is 14.3. The minimum atomic E-state index is -2.90. The Hall–Kier alpha value is -2.10. The first-order chi connectivity index (χ1) is 11.8. The summed E-state index contributed by atoms with van der Waals surface area (Å²) in [5.74, 6) is -4.66. The molecule has 0 bridgehead atoms. The summed E-state index contributed by atoms with van der Waals surface area (Å²) in [6.45, 7) is 8.17. The second-order valence-electron chi connectivity index (χ2n) is 6.56. The van der Waals surface area contributed by atoms with Gasteiger partial charge in [0.1, 0.15) is 5.82 Å². The first-order valence-electron chi connectivity index (χ1n) is 8.46. The molecule has 25 heavy (non-hydrogen) atoms. The van der Waals surface area contributed by atoms with Crippen molar-refractivity contribution in [2.24, 2.45) is 5.92 Å². The Morgan fingerprint density at radius 3 is 2.60 bits per heavy atom. The third kappa shape index (κ3) is 4.50. The van der Waals surface area contributed by atoms with E-state index in [-0.39, 0.29) is 17.8 Å². The quantitative estimate of drug-likeness (QED) is 0.339. The summed E-state index contributed by atoms with van der Waals surface area (Å²) in [7, 11) is 0. The number of benzene rings is 1. The van der Waals surface area contributed by atoms with Crippen LogP contribution in [0.15, 0.2) is 36.9 Å². The zero-order valence-corrected chi connectivity index (χ0v) is 14.5. The molecule has 0 radical (unpaired) electrons.